The van der Waals surface area contributed by atoms with E-state index in [1.807, 2.05) is 11.8 Å². The first-order valence-corrected chi connectivity index (χ1v) is 7.97. The molecule has 0 heterocycles. The van der Waals surface area contributed by atoms with Crippen molar-refractivity contribution in [2.24, 2.45) is 11.7 Å². The van der Waals surface area contributed by atoms with E-state index in [0.717, 1.165) is 5.92 Å². The zero-order valence-corrected chi connectivity index (χ0v) is 12.6. The minimum absolute atomic E-state index is 0.374. The molecule has 1 aliphatic carbocycles. The quantitative estimate of drug-likeness (QED) is 0.880. The molecule has 18 heavy (non-hydrogen) atoms. The molecule has 1 nitrogen and oxygen atoms in total. The number of benzene rings is 1. The molecule has 0 spiro atoms. The van der Waals surface area contributed by atoms with Crippen LogP contribution in [0.3, 0.4) is 0 Å². The van der Waals surface area contributed by atoms with E-state index >= 15 is 0 Å². The van der Waals surface area contributed by atoms with Gasteiger partial charge >= 0.3 is 0 Å². The summed E-state index contributed by atoms with van der Waals surface area (Å²) >= 11 is 2.00. The van der Waals surface area contributed by atoms with Gasteiger partial charge < -0.3 is 5.73 Å². The van der Waals surface area contributed by atoms with Gasteiger partial charge in [0.25, 0.3) is 0 Å². The van der Waals surface area contributed by atoms with Crippen LogP contribution in [0, 0.1) is 19.8 Å². The summed E-state index contributed by atoms with van der Waals surface area (Å²) in [6.07, 6.45) is 5.11. The van der Waals surface area contributed by atoms with E-state index in [1.165, 1.54) is 41.7 Å². The van der Waals surface area contributed by atoms with E-state index < -0.39 is 0 Å². The molecule has 1 aromatic carbocycles. The van der Waals surface area contributed by atoms with Crippen LogP contribution < -0.4 is 5.73 Å². The molecule has 1 fully saturated rings. The van der Waals surface area contributed by atoms with E-state index in [-0.39, 0.29) is 0 Å². The van der Waals surface area contributed by atoms with Gasteiger partial charge in [-0.2, -0.15) is 0 Å². The fourth-order valence-electron chi connectivity index (χ4n) is 2.84. The molecule has 0 aliphatic heterocycles. The van der Waals surface area contributed by atoms with E-state index in [1.54, 1.807) is 0 Å². The molecule has 1 aliphatic rings. The smallest absolute Gasteiger partial charge is 0.0249 e. The third kappa shape index (κ3) is 3.30. The maximum absolute atomic E-state index is 6.30. The molecular weight excluding hydrogens is 238 g/mol. The largest absolute Gasteiger partial charge is 0.327 e. The van der Waals surface area contributed by atoms with E-state index in [2.05, 4.69) is 39.0 Å². The van der Waals surface area contributed by atoms with Gasteiger partial charge in [0, 0.05) is 16.2 Å². The molecular formula is C16H25NS. The van der Waals surface area contributed by atoms with Crippen LogP contribution in [0.2, 0.25) is 0 Å². The summed E-state index contributed by atoms with van der Waals surface area (Å²) < 4.78 is 0. The van der Waals surface area contributed by atoms with Crippen LogP contribution in [0.15, 0.2) is 23.1 Å². The van der Waals surface area contributed by atoms with Gasteiger partial charge in [0.2, 0.25) is 0 Å². The number of aryl methyl sites for hydroxylation is 2. The molecule has 100 valence electrons. The Labute approximate surface area is 116 Å². The number of rotatable bonds is 3. The van der Waals surface area contributed by atoms with Gasteiger partial charge in [0.1, 0.15) is 0 Å². The van der Waals surface area contributed by atoms with Crippen molar-refractivity contribution < 1.29 is 0 Å². The minimum atomic E-state index is 0.374. The highest BCUT2D eigenvalue weighted by Crippen LogP contribution is 2.38. The molecule has 1 aromatic rings. The van der Waals surface area contributed by atoms with Gasteiger partial charge in [-0.15, -0.1) is 11.8 Å². The Bertz CT molecular complexity index is 402. The van der Waals surface area contributed by atoms with Crippen LogP contribution in [0.5, 0.6) is 0 Å². The third-order valence-electron chi connectivity index (χ3n) is 4.14. The Morgan fingerprint density at radius 3 is 2.72 bits per heavy atom. The van der Waals surface area contributed by atoms with Crippen molar-refractivity contribution in [3.05, 3.63) is 29.3 Å². The average Bonchev–Trinajstić information content (AvgIpc) is 2.35. The zero-order chi connectivity index (χ0) is 13.1. The summed E-state index contributed by atoms with van der Waals surface area (Å²) in [5.74, 6) is 0.882. The van der Waals surface area contributed by atoms with Gasteiger partial charge in [0.15, 0.2) is 0 Å². The second-order valence-electron chi connectivity index (χ2n) is 5.68. The van der Waals surface area contributed by atoms with Crippen molar-refractivity contribution >= 4 is 11.8 Å². The highest BCUT2D eigenvalue weighted by molar-refractivity contribution is 8.00. The van der Waals surface area contributed by atoms with Gasteiger partial charge in [0.05, 0.1) is 0 Å². The first-order valence-electron chi connectivity index (χ1n) is 7.09. The fraction of sp³-hybridized carbons (Fsp3) is 0.625. The van der Waals surface area contributed by atoms with Crippen LogP contribution in [0.4, 0.5) is 0 Å². The maximum atomic E-state index is 6.30. The lowest BCUT2D eigenvalue weighted by molar-refractivity contribution is 0.327. The van der Waals surface area contributed by atoms with Gasteiger partial charge in [-0.05, 0) is 50.7 Å². The zero-order valence-electron chi connectivity index (χ0n) is 11.8. The lowest BCUT2D eigenvalue weighted by atomic mass is 9.84. The Morgan fingerprint density at radius 2 is 2.06 bits per heavy atom. The monoisotopic (exact) mass is 263 g/mol. The van der Waals surface area contributed by atoms with E-state index in [9.17, 15) is 0 Å². The van der Waals surface area contributed by atoms with Crippen molar-refractivity contribution in [3.8, 4) is 0 Å². The molecule has 1 saturated carbocycles. The minimum Gasteiger partial charge on any atom is -0.327 e. The van der Waals surface area contributed by atoms with Crippen LogP contribution in [0.25, 0.3) is 0 Å². The van der Waals surface area contributed by atoms with Crippen LogP contribution in [-0.4, -0.2) is 11.3 Å². The van der Waals surface area contributed by atoms with Crippen LogP contribution >= 0.6 is 11.8 Å². The molecule has 2 heteroatoms. The number of hydrogen-bond acceptors (Lipinski definition) is 2. The van der Waals surface area contributed by atoms with Crippen molar-refractivity contribution in [2.45, 2.75) is 62.6 Å². The Morgan fingerprint density at radius 1 is 1.28 bits per heavy atom. The topological polar surface area (TPSA) is 26.0 Å². The SMILES string of the molecule is CCC1CCC(N)C(Sc2ccc(C)cc2C)C1. The Hall–Kier alpha value is -0.470. The maximum Gasteiger partial charge on any atom is 0.0249 e. The summed E-state index contributed by atoms with van der Waals surface area (Å²) in [6, 6.07) is 7.12. The normalized spacial score (nSPS) is 28.3. The molecule has 3 atom stereocenters. The van der Waals surface area contributed by atoms with Crippen molar-refractivity contribution in [1.29, 1.82) is 0 Å². The number of nitrogens with two attached hydrogens (primary N) is 1. The van der Waals surface area contributed by atoms with Crippen LogP contribution in [0.1, 0.15) is 43.7 Å². The molecule has 0 amide bonds. The molecule has 0 saturated heterocycles. The Balaban J connectivity index is 2.07. The van der Waals surface area contributed by atoms with Crippen LogP contribution in [-0.2, 0) is 0 Å². The van der Waals surface area contributed by atoms with Crippen molar-refractivity contribution in [3.63, 3.8) is 0 Å². The number of thioether (sulfide) groups is 1. The highest BCUT2D eigenvalue weighted by atomic mass is 32.2. The summed E-state index contributed by atoms with van der Waals surface area (Å²) in [6.45, 7) is 6.67. The third-order valence-corrected chi connectivity index (χ3v) is 5.69. The average molecular weight is 263 g/mol. The van der Waals surface area contributed by atoms with Crippen molar-refractivity contribution in [2.75, 3.05) is 0 Å². The second kappa shape index (κ2) is 6.12. The molecule has 2 rings (SSSR count). The summed E-state index contributed by atoms with van der Waals surface area (Å²) in [4.78, 5) is 1.41. The summed E-state index contributed by atoms with van der Waals surface area (Å²) in [5.41, 5.74) is 9.04. The number of hydrogen-bond donors (Lipinski definition) is 1. The van der Waals surface area contributed by atoms with E-state index in [4.69, 9.17) is 5.73 Å². The highest BCUT2D eigenvalue weighted by Gasteiger charge is 2.28. The molecule has 2 N–H and O–H groups in total. The predicted octanol–water partition coefficient (Wildman–Crippen LogP) is 4.30. The molecule has 3 unspecified atom stereocenters. The first-order chi connectivity index (χ1) is 8.60. The standard InChI is InChI=1S/C16H25NS/c1-4-13-6-7-14(17)16(10-13)18-15-8-5-11(2)9-12(15)3/h5,8-9,13-14,16H,4,6-7,10,17H2,1-3H3. The Kier molecular flexibility index (Phi) is 4.74. The van der Waals surface area contributed by atoms with Gasteiger partial charge in [-0.25, -0.2) is 0 Å². The fourth-order valence-corrected chi connectivity index (χ4v) is 4.23. The van der Waals surface area contributed by atoms with Gasteiger partial charge in [-0.1, -0.05) is 31.0 Å². The predicted molar refractivity (Wildman–Crippen MR) is 81.2 cm³/mol. The second-order valence-corrected chi connectivity index (χ2v) is 6.96. The van der Waals surface area contributed by atoms with E-state index in [0.29, 0.717) is 11.3 Å². The van der Waals surface area contributed by atoms with Gasteiger partial charge in [-0.3, -0.25) is 0 Å². The molecule has 0 radical (unpaired) electrons. The molecule has 0 aromatic heterocycles. The first kappa shape index (κ1) is 14.0. The lowest BCUT2D eigenvalue weighted by Gasteiger charge is -2.33. The van der Waals surface area contributed by atoms with Crippen molar-refractivity contribution in [1.82, 2.24) is 0 Å². The molecule has 0 bridgehead atoms. The summed E-state index contributed by atoms with van der Waals surface area (Å²) in [5, 5.41) is 0.602. The lowest BCUT2D eigenvalue weighted by Crippen LogP contribution is -2.38. The summed E-state index contributed by atoms with van der Waals surface area (Å²) in [7, 11) is 0.